The summed E-state index contributed by atoms with van der Waals surface area (Å²) in [5.41, 5.74) is 0. The van der Waals surface area contributed by atoms with Crippen molar-refractivity contribution in [3.05, 3.63) is 109 Å². The molecule has 576 valence electrons. The molecule has 5 unspecified atom stereocenters. The maximum atomic E-state index is 13.1. The number of aliphatic hydroxyl groups excluding tert-OH is 1. The van der Waals surface area contributed by atoms with Crippen LogP contribution in [0.15, 0.2) is 109 Å². The van der Waals surface area contributed by atoms with Crippen molar-refractivity contribution in [3.8, 4) is 0 Å². The zero-order valence-corrected chi connectivity index (χ0v) is 64.6. The van der Waals surface area contributed by atoms with Gasteiger partial charge in [-0.1, -0.05) is 291 Å². The summed E-state index contributed by atoms with van der Waals surface area (Å²) in [6.07, 6.45) is 78.1. The molecule has 5 atom stereocenters. The minimum atomic E-state index is -4.99. The Bertz CT molecular complexity index is 2320. The summed E-state index contributed by atoms with van der Waals surface area (Å²) < 4.78 is 68.4. The third-order valence-corrected chi connectivity index (χ3v) is 18.1. The molecule has 17 nitrogen and oxygen atoms in total. The monoisotopic (exact) mass is 1450 g/mol. The van der Waals surface area contributed by atoms with Gasteiger partial charge in [0.1, 0.15) is 19.3 Å². The predicted molar refractivity (Wildman–Crippen MR) is 408 cm³/mol. The van der Waals surface area contributed by atoms with Gasteiger partial charge in [-0.3, -0.25) is 37.3 Å². The van der Waals surface area contributed by atoms with Crippen molar-refractivity contribution in [2.45, 2.75) is 341 Å². The fraction of sp³-hybridized carbons (Fsp3) is 0.728. The van der Waals surface area contributed by atoms with Crippen molar-refractivity contribution < 1.29 is 80.2 Å². The van der Waals surface area contributed by atoms with Crippen LogP contribution in [-0.2, 0) is 65.4 Å². The van der Waals surface area contributed by atoms with Crippen LogP contribution < -0.4 is 0 Å². The van der Waals surface area contributed by atoms with Crippen molar-refractivity contribution in [2.24, 2.45) is 0 Å². The molecule has 0 radical (unpaired) electrons. The molecular weight excluding hydrogens is 1310 g/mol. The molecule has 0 spiro atoms. The number of hydrogen-bond acceptors (Lipinski definition) is 15. The van der Waals surface area contributed by atoms with Gasteiger partial charge in [0, 0.05) is 25.7 Å². The van der Waals surface area contributed by atoms with Crippen LogP contribution in [0.2, 0.25) is 0 Å². The fourth-order valence-corrected chi connectivity index (χ4v) is 11.8. The minimum absolute atomic E-state index is 0.0369. The summed E-state index contributed by atoms with van der Waals surface area (Å²) in [7, 11) is -9.97. The second-order valence-corrected chi connectivity index (χ2v) is 28.8. The van der Waals surface area contributed by atoms with Crippen molar-refractivity contribution in [3.63, 3.8) is 0 Å². The minimum Gasteiger partial charge on any atom is -0.462 e. The number of carbonyl (C=O) groups excluding carboxylic acids is 4. The normalized spacial score (nSPS) is 14.5. The summed E-state index contributed by atoms with van der Waals surface area (Å²) in [6.45, 7) is 4.61. The molecule has 0 fully saturated rings. The highest BCUT2D eigenvalue weighted by Crippen LogP contribution is 2.45. The molecule has 0 amide bonds. The van der Waals surface area contributed by atoms with Gasteiger partial charge in [0.05, 0.1) is 26.4 Å². The van der Waals surface area contributed by atoms with E-state index in [0.717, 1.165) is 141 Å². The van der Waals surface area contributed by atoms with Gasteiger partial charge in [0.25, 0.3) is 0 Å². The largest absolute Gasteiger partial charge is 0.472 e. The van der Waals surface area contributed by atoms with Crippen molar-refractivity contribution in [1.29, 1.82) is 0 Å². The van der Waals surface area contributed by atoms with Crippen LogP contribution in [0.5, 0.6) is 0 Å². The smallest absolute Gasteiger partial charge is 0.462 e. The summed E-state index contributed by atoms with van der Waals surface area (Å²) in [6, 6.07) is 0. The van der Waals surface area contributed by atoms with Gasteiger partial charge in [-0.05, 0) is 116 Å². The summed E-state index contributed by atoms with van der Waals surface area (Å²) in [5.74, 6) is -2.29. The Morgan fingerprint density at radius 1 is 0.290 bits per heavy atom. The van der Waals surface area contributed by atoms with Gasteiger partial charge >= 0.3 is 39.5 Å². The number of allylic oxidation sites excluding steroid dienone is 18. The summed E-state index contributed by atoms with van der Waals surface area (Å²) in [5, 5.41) is 10.6. The first-order valence-corrected chi connectivity index (χ1v) is 42.1. The van der Waals surface area contributed by atoms with Crippen LogP contribution in [0.1, 0.15) is 323 Å². The van der Waals surface area contributed by atoms with E-state index < -0.39 is 97.5 Å². The highest BCUT2D eigenvalue weighted by Gasteiger charge is 2.30. The Labute approximate surface area is 607 Å². The van der Waals surface area contributed by atoms with Gasteiger partial charge in [-0.25, -0.2) is 9.13 Å². The van der Waals surface area contributed by atoms with Gasteiger partial charge < -0.3 is 33.8 Å². The van der Waals surface area contributed by atoms with Crippen LogP contribution in [-0.4, -0.2) is 96.7 Å². The van der Waals surface area contributed by atoms with E-state index in [1.807, 2.05) is 18.2 Å². The molecule has 0 rings (SSSR count). The van der Waals surface area contributed by atoms with Crippen LogP contribution in [0.25, 0.3) is 0 Å². The molecule has 0 saturated heterocycles. The zero-order valence-electron chi connectivity index (χ0n) is 62.8. The third-order valence-electron chi connectivity index (χ3n) is 16.2. The lowest BCUT2D eigenvalue weighted by Gasteiger charge is -2.21. The highest BCUT2D eigenvalue weighted by atomic mass is 31.2. The van der Waals surface area contributed by atoms with Gasteiger partial charge in [-0.2, -0.15) is 0 Å². The van der Waals surface area contributed by atoms with Crippen LogP contribution in [0, 0.1) is 0 Å². The average molecular weight is 1450 g/mol. The molecule has 100 heavy (non-hydrogen) atoms. The van der Waals surface area contributed by atoms with E-state index in [1.165, 1.54) is 96.3 Å². The molecule has 0 saturated carbocycles. The first kappa shape index (κ1) is 95.7. The molecule has 0 aliphatic heterocycles. The number of esters is 4. The van der Waals surface area contributed by atoms with E-state index in [-0.39, 0.29) is 25.7 Å². The Balaban J connectivity index is 5.39. The van der Waals surface area contributed by atoms with Crippen LogP contribution in [0.4, 0.5) is 0 Å². The van der Waals surface area contributed by atoms with E-state index in [9.17, 15) is 43.2 Å². The number of carbonyl (C=O) groups is 4. The fourth-order valence-electron chi connectivity index (χ4n) is 10.3. The lowest BCUT2D eigenvalue weighted by molar-refractivity contribution is -0.161. The maximum Gasteiger partial charge on any atom is 0.472 e. The summed E-state index contributed by atoms with van der Waals surface area (Å²) >= 11 is 0. The molecule has 0 aliphatic carbocycles. The molecule has 3 N–H and O–H groups in total. The molecule has 19 heteroatoms. The molecule has 0 aromatic rings. The predicted octanol–water partition coefficient (Wildman–Crippen LogP) is 22.6. The molecule has 0 aromatic carbocycles. The van der Waals surface area contributed by atoms with Crippen molar-refractivity contribution in [2.75, 3.05) is 39.6 Å². The summed E-state index contributed by atoms with van der Waals surface area (Å²) in [4.78, 5) is 72.8. The first-order chi connectivity index (χ1) is 48.7. The number of phosphoric acid groups is 2. The highest BCUT2D eigenvalue weighted by molar-refractivity contribution is 7.47. The van der Waals surface area contributed by atoms with E-state index >= 15 is 0 Å². The van der Waals surface area contributed by atoms with E-state index in [0.29, 0.717) is 32.1 Å². The van der Waals surface area contributed by atoms with E-state index in [2.05, 4.69) is 119 Å². The first-order valence-electron chi connectivity index (χ1n) is 39.1. The van der Waals surface area contributed by atoms with Crippen LogP contribution in [0.3, 0.4) is 0 Å². The Kier molecular flexibility index (Phi) is 69.9. The maximum absolute atomic E-state index is 13.1. The number of phosphoric ester groups is 2. The standard InChI is InChI=1S/C81H140O17P2/c1-5-9-13-17-21-25-29-32-35-36-37-38-41-43-47-50-54-58-62-66-79(84)92-72-77(98-81(86)68-64-60-56-52-48-44-40-34-31-27-23-19-15-11-7-3)74-96-100(89,90)94-70-75(82)69-93-99(87,88)95-73-76(97-80(85)67-63-59-55-51-45-28-24-20-16-12-8-4)71-91-78(83)65-61-57-53-49-46-42-39-33-30-26-22-18-14-10-6-2/h9,13,20-22,24-26,32-33,35,37-39,43,47,54,58,75-77,82H,5-8,10-12,14-19,23,27-31,34,36,40-42,44-46,48-53,55-57,59-74H2,1-4H3,(H,87,88)(H,89,90)/b13-9-,24-20-,25-21-,26-22-,35-32-,38-37-,39-33-,47-43-,58-54-. The quantitative estimate of drug-likeness (QED) is 0.0169. The second kappa shape index (κ2) is 73.0. The molecule has 0 heterocycles. The third kappa shape index (κ3) is 72.1. The Morgan fingerprint density at radius 3 is 0.920 bits per heavy atom. The zero-order chi connectivity index (χ0) is 73.2. The van der Waals surface area contributed by atoms with Crippen LogP contribution >= 0.6 is 15.6 Å². The number of unbranched alkanes of at least 4 members (excludes halogenated alkanes) is 29. The van der Waals surface area contributed by atoms with E-state index in [1.54, 1.807) is 0 Å². The molecule has 0 bridgehead atoms. The topological polar surface area (TPSA) is 237 Å². The van der Waals surface area contributed by atoms with Gasteiger partial charge in [0.15, 0.2) is 12.2 Å². The Hall–Kier alpha value is -4.28. The Morgan fingerprint density at radius 2 is 0.550 bits per heavy atom. The van der Waals surface area contributed by atoms with E-state index in [4.69, 9.17) is 37.0 Å². The second-order valence-electron chi connectivity index (χ2n) is 25.9. The lowest BCUT2D eigenvalue weighted by Crippen LogP contribution is -2.30. The number of aliphatic hydroxyl groups is 1. The molecule has 0 aliphatic rings. The number of hydrogen-bond donors (Lipinski definition) is 3. The SMILES string of the molecule is CC/C=C\C/C=C\C/C=C\C/C=C\C/C=C\C/C=C\CCC(=O)OCC(COP(=O)(O)OCC(O)COP(=O)(O)OCC(COC(=O)CCCCCCC/C=C\C/C=C\CCCCC)OC(=O)CCCCCCC/C=C\CCCC)OC(=O)CCCCCCCCCCCCCCCCC. The number of ether oxygens (including phenoxy) is 4. The van der Waals surface area contributed by atoms with Crippen molar-refractivity contribution >= 4 is 39.5 Å². The van der Waals surface area contributed by atoms with Gasteiger partial charge in [-0.15, -0.1) is 0 Å². The average Bonchev–Trinajstić information content (AvgIpc) is 0.985. The van der Waals surface area contributed by atoms with Gasteiger partial charge in [0.2, 0.25) is 0 Å². The molecule has 0 aromatic heterocycles. The molecular formula is C81H140O17P2. The van der Waals surface area contributed by atoms with Crippen molar-refractivity contribution in [1.82, 2.24) is 0 Å². The lowest BCUT2D eigenvalue weighted by atomic mass is 10.0. The number of rotatable bonds is 73.